The fraction of sp³-hybridized carbons (Fsp3) is 0.464. The molecule has 0 saturated carbocycles. The Morgan fingerprint density at radius 3 is 2.06 bits per heavy atom. The number of hydrogen-bond donors (Lipinski definition) is 0. The summed E-state index contributed by atoms with van der Waals surface area (Å²) in [4.78, 5) is 2.66. The molecule has 0 spiro atoms. The highest BCUT2D eigenvalue weighted by atomic mass is 16.5. The summed E-state index contributed by atoms with van der Waals surface area (Å²) in [7, 11) is 0. The Bertz CT molecular complexity index is 940. The van der Waals surface area contributed by atoms with Crippen LogP contribution >= 0.6 is 0 Å². The normalized spacial score (nSPS) is 25.7. The maximum absolute atomic E-state index is 8.91. The van der Waals surface area contributed by atoms with Gasteiger partial charge in [-0.3, -0.25) is 0 Å². The second-order valence-electron chi connectivity index (χ2n) is 9.37. The molecule has 3 aliphatic heterocycles. The molecule has 0 aromatic heterocycles. The minimum absolute atomic E-state index is 0.405. The minimum Gasteiger partial charge on any atom is -0.494 e. The molecule has 4 atom stereocenters. The van der Waals surface area contributed by atoms with Gasteiger partial charge in [0.15, 0.2) is 0 Å². The topological polar surface area (TPSA) is 45.5 Å². The Morgan fingerprint density at radius 1 is 0.812 bits per heavy atom. The minimum atomic E-state index is 0.405. The van der Waals surface area contributed by atoms with Crippen LogP contribution in [0.2, 0.25) is 0 Å². The predicted octanol–water partition coefficient (Wildman–Crippen LogP) is 5.44. The summed E-state index contributed by atoms with van der Waals surface area (Å²) in [6.07, 6.45) is 11.6. The van der Waals surface area contributed by atoms with E-state index in [1.165, 1.54) is 45.3 Å². The van der Waals surface area contributed by atoms with Gasteiger partial charge in [-0.25, -0.2) is 0 Å². The zero-order valence-corrected chi connectivity index (χ0v) is 18.7. The molecule has 0 amide bonds. The standard InChI is InChI=1S/C28H32N2O2/c29-18-21-6-8-22(9-7-21)23-10-12-24(13-11-23)31-17-5-3-1-2-4-16-30-19-25-26(20-30)28-15-14-27(25)32-28/h6-15,25-28H,1-5,16-17,19-20H2/t25-,26+,27+,28-. The smallest absolute Gasteiger partial charge is 0.119 e. The Hall–Kier alpha value is -2.61. The number of nitrogens with zero attached hydrogens (tertiary/aromatic N) is 2. The molecule has 2 bridgehead atoms. The molecule has 2 aromatic rings. The number of nitriles is 1. The summed E-state index contributed by atoms with van der Waals surface area (Å²) in [5.74, 6) is 2.43. The van der Waals surface area contributed by atoms with Crippen molar-refractivity contribution in [3.63, 3.8) is 0 Å². The molecule has 0 aliphatic carbocycles. The van der Waals surface area contributed by atoms with Crippen molar-refractivity contribution in [3.8, 4) is 22.9 Å². The van der Waals surface area contributed by atoms with E-state index >= 15 is 0 Å². The summed E-state index contributed by atoms with van der Waals surface area (Å²) < 4.78 is 11.9. The van der Waals surface area contributed by atoms with Gasteiger partial charge < -0.3 is 14.4 Å². The van der Waals surface area contributed by atoms with Crippen LogP contribution in [0.25, 0.3) is 11.1 Å². The van der Waals surface area contributed by atoms with Crippen molar-refractivity contribution in [2.75, 3.05) is 26.2 Å². The second kappa shape index (κ2) is 9.90. The number of unbranched alkanes of at least 4 members (excludes halogenated alkanes) is 4. The van der Waals surface area contributed by atoms with E-state index < -0.39 is 0 Å². The highest BCUT2D eigenvalue weighted by molar-refractivity contribution is 5.64. The van der Waals surface area contributed by atoms with Crippen molar-refractivity contribution < 1.29 is 9.47 Å². The number of ether oxygens (including phenoxy) is 2. The number of rotatable bonds is 10. The van der Waals surface area contributed by atoms with Crippen LogP contribution in [0.15, 0.2) is 60.7 Å². The van der Waals surface area contributed by atoms with Crippen molar-refractivity contribution in [3.05, 3.63) is 66.2 Å². The molecule has 3 heterocycles. The maximum Gasteiger partial charge on any atom is 0.119 e. The molecule has 0 unspecified atom stereocenters. The van der Waals surface area contributed by atoms with Gasteiger partial charge in [-0.15, -0.1) is 0 Å². The highest BCUT2D eigenvalue weighted by Crippen LogP contribution is 2.43. The number of benzene rings is 2. The van der Waals surface area contributed by atoms with Gasteiger partial charge in [0.2, 0.25) is 0 Å². The summed E-state index contributed by atoms with van der Waals surface area (Å²) >= 11 is 0. The average molecular weight is 429 g/mol. The van der Waals surface area contributed by atoms with Crippen molar-refractivity contribution in [1.82, 2.24) is 4.90 Å². The van der Waals surface area contributed by atoms with Crippen LogP contribution in [0.4, 0.5) is 0 Å². The molecule has 2 aromatic carbocycles. The molecule has 3 aliphatic rings. The van der Waals surface area contributed by atoms with Gasteiger partial charge in [0.1, 0.15) is 5.75 Å². The SMILES string of the molecule is N#Cc1ccc(-c2ccc(OCCCCCCCN3C[C@@H]4[C@H](C3)[C@H]3C=C[C@@H]4O3)cc2)cc1. The first-order chi connectivity index (χ1) is 15.8. The summed E-state index contributed by atoms with van der Waals surface area (Å²) in [6, 6.07) is 18.1. The van der Waals surface area contributed by atoms with Crippen molar-refractivity contribution in [1.29, 1.82) is 5.26 Å². The first-order valence-electron chi connectivity index (χ1n) is 12.1. The van der Waals surface area contributed by atoms with E-state index in [-0.39, 0.29) is 0 Å². The molecule has 32 heavy (non-hydrogen) atoms. The molecular formula is C28H32N2O2. The quantitative estimate of drug-likeness (QED) is 0.373. The van der Waals surface area contributed by atoms with E-state index in [4.69, 9.17) is 14.7 Å². The van der Waals surface area contributed by atoms with Crippen LogP contribution in [0.3, 0.4) is 0 Å². The third-order valence-corrected chi connectivity index (χ3v) is 7.23. The van der Waals surface area contributed by atoms with Crippen LogP contribution in [-0.2, 0) is 4.74 Å². The van der Waals surface area contributed by atoms with Gasteiger partial charge in [0.25, 0.3) is 0 Å². The Morgan fingerprint density at radius 2 is 1.41 bits per heavy atom. The van der Waals surface area contributed by atoms with Crippen molar-refractivity contribution >= 4 is 0 Å². The van der Waals surface area contributed by atoms with E-state index in [2.05, 4.69) is 35.3 Å². The average Bonchev–Trinajstić information content (AvgIpc) is 3.55. The van der Waals surface area contributed by atoms with E-state index in [9.17, 15) is 0 Å². The largest absolute Gasteiger partial charge is 0.494 e. The maximum atomic E-state index is 8.91. The third kappa shape index (κ3) is 4.75. The first-order valence-corrected chi connectivity index (χ1v) is 12.1. The lowest BCUT2D eigenvalue weighted by Crippen LogP contribution is -2.26. The molecular weight excluding hydrogens is 396 g/mol. The Balaban J connectivity index is 0.929. The predicted molar refractivity (Wildman–Crippen MR) is 126 cm³/mol. The molecule has 166 valence electrons. The lowest BCUT2D eigenvalue weighted by Gasteiger charge is -2.18. The molecule has 4 nitrogen and oxygen atoms in total. The van der Waals surface area contributed by atoms with E-state index in [0.717, 1.165) is 41.7 Å². The van der Waals surface area contributed by atoms with Gasteiger partial charge in [0, 0.05) is 24.9 Å². The van der Waals surface area contributed by atoms with E-state index in [0.29, 0.717) is 17.8 Å². The lowest BCUT2D eigenvalue weighted by atomic mass is 9.86. The third-order valence-electron chi connectivity index (χ3n) is 7.23. The Labute approximate surface area is 191 Å². The van der Waals surface area contributed by atoms with Gasteiger partial charge in [0.05, 0.1) is 30.4 Å². The number of fused-ring (bicyclic) bond motifs is 5. The fourth-order valence-corrected chi connectivity index (χ4v) is 5.44. The molecule has 0 N–H and O–H groups in total. The van der Waals surface area contributed by atoms with Crippen LogP contribution in [0.5, 0.6) is 5.75 Å². The molecule has 4 heteroatoms. The summed E-state index contributed by atoms with van der Waals surface area (Å²) in [6.45, 7) is 4.48. The van der Waals surface area contributed by atoms with Crippen molar-refractivity contribution in [2.45, 2.75) is 44.3 Å². The number of likely N-dealkylation sites (tertiary alicyclic amines) is 1. The molecule has 2 fully saturated rings. The Kier molecular flexibility index (Phi) is 6.57. The van der Waals surface area contributed by atoms with E-state index in [1.807, 2.05) is 36.4 Å². The van der Waals surface area contributed by atoms with Gasteiger partial charge in [-0.2, -0.15) is 5.26 Å². The zero-order valence-electron chi connectivity index (χ0n) is 18.7. The van der Waals surface area contributed by atoms with Crippen LogP contribution < -0.4 is 4.74 Å². The van der Waals surface area contributed by atoms with Crippen LogP contribution in [0.1, 0.15) is 37.7 Å². The summed E-state index contributed by atoms with van der Waals surface area (Å²) in [5, 5.41) is 8.91. The summed E-state index contributed by atoms with van der Waals surface area (Å²) in [5.41, 5.74) is 2.94. The van der Waals surface area contributed by atoms with Gasteiger partial charge in [-0.1, -0.05) is 55.7 Å². The fourth-order valence-electron chi connectivity index (χ4n) is 5.44. The second-order valence-corrected chi connectivity index (χ2v) is 9.37. The molecule has 2 saturated heterocycles. The van der Waals surface area contributed by atoms with Crippen LogP contribution in [0, 0.1) is 23.2 Å². The van der Waals surface area contributed by atoms with Gasteiger partial charge in [-0.05, 0) is 54.8 Å². The molecule has 5 rings (SSSR count). The van der Waals surface area contributed by atoms with Gasteiger partial charge >= 0.3 is 0 Å². The lowest BCUT2D eigenvalue weighted by molar-refractivity contribution is 0.0847. The van der Waals surface area contributed by atoms with E-state index in [1.54, 1.807) is 0 Å². The monoisotopic (exact) mass is 428 g/mol. The molecule has 0 radical (unpaired) electrons. The van der Waals surface area contributed by atoms with Crippen LogP contribution in [-0.4, -0.2) is 43.3 Å². The number of hydrogen-bond acceptors (Lipinski definition) is 4. The highest BCUT2D eigenvalue weighted by Gasteiger charge is 2.50. The first kappa shape index (κ1) is 21.2. The van der Waals surface area contributed by atoms with Crippen molar-refractivity contribution in [2.24, 2.45) is 11.8 Å². The zero-order chi connectivity index (χ0) is 21.8.